The summed E-state index contributed by atoms with van der Waals surface area (Å²) in [5.74, 6) is 0.877. The van der Waals surface area contributed by atoms with Gasteiger partial charge in [-0.05, 0) is 50.9 Å². The number of rotatable bonds is 4. The Balaban J connectivity index is 2.42. The molecule has 1 aromatic carbocycles. The van der Waals surface area contributed by atoms with Gasteiger partial charge in [-0.15, -0.1) is 0 Å². The Bertz CT molecular complexity index is 553. The van der Waals surface area contributed by atoms with E-state index in [0.717, 1.165) is 24.4 Å². The van der Waals surface area contributed by atoms with E-state index in [1.165, 1.54) is 22.3 Å². The van der Waals surface area contributed by atoms with Crippen molar-refractivity contribution in [3.05, 3.63) is 46.9 Å². The normalized spacial score (nSPS) is 10.7. The van der Waals surface area contributed by atoms with Crippen LogP contribution in [0.1, 0.15) is 28.9 Å². The van der Waals surface area contributed by atoms with Crippen LogP contribution in [0.2, 0.25) is 0 Å². The zero-order valence-electron chi connectivity index (χ0n) is 11.9. The van der Waals surface area contributed by atoms with Gasteiger partial charge in [-0.1, -0.05) is 17.7 Å². The first kappa shape index (κ1) is 13.7. The number of hydrogen-bond acceptors (Lipinski definition) is 3. The van der Waals surface area contributed by atoms with Crippen LogP contribution in [0.5, 0.6) is 0 Å². The van der Waals surface area contributed by atoms with E-state index in [9.17, 15) is 0 Å². The molecule has 0 fully saturated rings. The summed E-state index contributed by atoms with van der Waals surface area (Å²) in [4.78, 5) is 8.98. The molecule has 2 N–H and O–H groups in total. The lowest BCUT2D eigenvalue weighted by molar-refractivity contribution is 0.782. The van der Waals surface area contributed by atoms with Crippen LogP contribution in [0.15, 0.2) is 24.4 Å². The molecule has 0 atom stereocenters. The highest BCUT2D eigenvalue weighted by Crippen LogP contribution is 2.26. The van der Waals surface area contributed by atoms with Gasteiger partial charge in [0.2, 0.25) is 0 Å². The highest BCUT2D eigenvalue weighted by molar-refractivity contribution is 5.67. The van der Waals surface area contributed by atoms with Crippen molar-refractivity contribution >= 4 is 0 Å². The van der Waals surface area contributed by atoms with Crippen molar-refractivity contribution in [3.8, 4) is 11.3 Å². The average Bonchev–Trinajstić information content (AvgIpc) is 2.35. The SMILES string of the molecule is Cc1cc(C)c(-c2ccnc(CCCN)n2)c(C)c1. The second-order valence-corrected chi connectivity index (χ2v) is 5.02. The van der Waals surface area contributed by atoms with Crippen molar-refractivity contribution < 1.29 is 0 Å². The molecule has 1 aromatic heterocycles. The first-order valence-corrected chi connectivity index (χ1v) is 6.72. The summed E-state index contributed by atoms with van der Waals surface area (Å²) in [6.07, 6.45) is 3.61. The molecule has 0 bridgehead atoms. The third kappa shape index (κ3) is 3.18. The molecule has 0 amide bonds. The molecule has 19 heavy (non-hydrogen) atoms. The van der Waals surface area contributed by atoms with Crippen LogP contribution >= 0.6 is 0 Å². The quantitative estimate of drug-likeness (QED) is 0.913. The van der Waals surface area contributed by atoms with Gasteiger partial charge in [0.15, 0.2) is 0 Å². The first-order valence-electron chi connectivity index (χ1n) is 6.72. The van der Waals surface area contributed by atoms with Crippen molar-refractivity contribution in [1.29, 1.82) is 0 Å². The second-order valence-electron chi connectivity index (χ2n) is 5.02. The van der Waals surface area contributed by atoms with Gasteiger partial charge < -0.3 is 5.73 Å². The van der Waals surface area contributed by atoms with E-state index in [-0.39, 0.29) is 0 Å². The molecule has 3 nitrogen and oxygen atoms in total. The molecular weight excluding hydrogens is 234 g/mol. The van der Waals surface area contributed by atoms with Gasteiger partial charge >= 0.3 is 0 Å². The summed E-state index contributed by atoms with van der Waals surface area (Å²) in [7, 11) is 0. The van der Waals surface area contributed by atoms with E-state index in [1.807, 2.05) is 12.3 Å². The minimum absolute atomic E-state index is 0.677. The van der Waals surface area contributed by atoms with E-state index in [2.05, 4.69) is 42.9 Å². The predicted octanol–water partition coefficient (Wildman–Crippen LogP) is 2.96. The third-order valence-electron chi connectivity index (χ3n) is 3.24. The number of aryl methyl sites for hydroxylation is 4. The standard InChI is InChI=1S/C16H21N3/c1-11-9-12(2)16(13(3)10-11)14-6-8-18-15(19-14)5-4-7-17/h6,8-10H,4-5,7,17H2,1-3H3. The molecular formula is C16H21N3. The molecule has 1 heterocycles. The highest BCUT2D eigenvalue weighted by Gasteiger charge is 2.09. The molecule has 0 aliphatic heterocycles. The summed E-state index contributed by atoms with van der Waals surface area (Å²) in [6, 6.07) is 6.38. The molecule has 0 saturated heterocycles. The summed E-state index contributed by atoms with van der Waals surface area (Å²) in [6.45, 7) is 7.07. The van der Waals surface area contributed by atoms with Gasteiger partial charge in [0.1, 0.15) is 5.82 Å². The third-order valence-corrected chi connectivity index (χ3v) is 3.24. The summed E-state index contributed by atoms with van der Waals surface area (Å²) in [5.41, 5.74) is 11.6. The maximum atomic E-state index is 5.53. The van der Waals surface area contributed by atoms with Crippen molar-refractivity contribution in [2.75, 3.05) is 6.54 Å². The van der Waals surface area contributed by atoms with E-state index in [0.29, 0.717) is 6.54 Å². The lowest BCUT2D eigenvalue weighted by Crippen LogP contribution is -2.04. The Morgan fingerprint density at radius 1 is 1.11 bits per heavy atom. The second kappa shape index (κ2) is 5.93. The van der Waals surface area contributed by atoms with Crippen molar-refractivity contribution in [1.82, 2.24) is 9.97 Å². The number of benzene rings is 1. The van der Waals surface area contributed by atoms with E-state index in [1.54, 1.807) is 0 Å². The number of nitrogens with zero attached hydrogens (tertiary/aromatic N) is 2. The fourth-order valence-electron chi connectivity index (χ4n) is 2.50. The molecule has 0 aliphatic rings. The Morgan fingerprint density at radius 3 is 2.42 bits per heavy atom. The monoisotopic (exact) mass is 255 g/mol. The maximum absolute atomic E-state index is 5.53. The first-order chi connectivity index (χ1) is 9.11. The van der Waals surface area contributed by atoms with Gasteiger partial charge in [0, 0.05) is 18.2 Å². The topological polar surface area (TPSA) is 51.8 Å². The number of aromatic nitrogens is 2. The largest absolute Gasteiger partial charge is 0.330 e. The van der Waals surface area contributed by atoms with Crippen LogP contribution in [-0.4, -0.2) is 16.5 Å². The highest BCUT2D eigenvalue weighted by atomic mass is 14.9. The van der Waals surface area contributed by atoms with Gasteiger partial charge in [0.05, 0.1) is 5.69 Å². The number of nitrogens with two attached hydrogens (primary N) is 1. The molecule has 0 radical (unpaired) electrons. The molecule has 0 saturated carbocycles. The van der Waals surface area contributed by atoms with Crippen LogP contribution in [0, 0.1) is 20.8 Å². The van der Waals surface area contributed by atoms with E-state index >= 15 is 0 Å². The van der Waals surface area contributed by atoms with Crippen molar-refractivity contribution in [3.63, 3.8) is 0 Å². The molecule has 2 aromatic rings. The van der Waals surface area contributed by atoms with Crippen LogP contribution < -0.4 is 5.73 Å². The lowest BCUT2D eigenvalue weighted by atomic mass is 9.97. The Labute approximate surface area is 114 Å². The summed E-state index contributed by atoms with van der Waals surface area (Å²) in [5, 5.41) is 0. The van der Waals surface area contributed by atoms with Crippen molar-refractivity contribution in [2.24, 2.45) is 5.73 Å². The lowest BCUT2D eigenvalue weighted by Gasteiger charge is -2.11. The van der Waals surface area contributed by atoms with Crippen molar-refractivity contribution in [2.45, 2.75) is 33.6 Å². The molecule has 2 rings (SSSR count). The molecule has 0 unspecified atom stereocenters. The van der Waals surface area contributed by atoms with E-state index in [4.69, 9.17) is 5.73 Å². The Kier molecular flexibility index (Phi) is 4.27. The van der Waals surface area contributed by atoms with Crippen LogP contribution in [0.25, 0.3) is 11.3 Å². The molecule has 0 spiro atoms. The average molecular weight is 255 g/mol. The fraction of sp³-hybridized carbons (Fsp3) is 0.375. The maximum Gasteiger partial charge on any atom is 0.128 e. The van der Waals surface area contributed by atoms with Gasteiger partial charge in [0.25, 0.3) is 0 Å². The van der Waals surface area contributed by atoms with Gasteiger partial charge in [-0.25, -0.2) is 9.97 Å². The molecule has 100 valence electrons. The number of hydrogen-bond donors (Lipinski definition) is 1. The molecule has 0 aliphatic carbocycles. The van der Waals surface area contributed by atoms with Gasteiger partial charge in [-0.2, -0.15) is 0 Å². The van der Waals surface area contributed by atoms with Crippen LogP contribution in [0.4, 0.5) is 0 Å². The predicted molar refractivity (Wildman–Crippen MR) is 79.1 cm³/mol. The summed E-state index contributed by atoms with van der Waals surface area (Å²) < 4.78 is 0. The smallest absolute Gasteiger partial charge is 0.128 e. The zero-order valence-corrected chi connectivity index (χ0v) is 11.9. The van der Waals surface area contributed by atoms with E-state index < -0.39 is 0 Å². The minimum atomic E-state index is 0.677. The Morgan fingerprint density at radius 2 is 1.79 bits per heavy atom. The van der Waals surface area contributed by atoms with Crippen LogP contribution in [-0.2, 0) is 6.42 Å². The summed E-state index contributed by atoms with van der Waals surface area (Å²) >= 11 is 0. The fourth-order valence-corrected chi connectivity index (χ4v) is 2.50. The minimum Gasteiger partial charge on any atom is -0.330 e. The van der Waals surface area contributed by atoms with Gasteiger partial charge in [-0.3, -0.25) is 0 Å². The van der Waals surface area contributed by atoms with Crippen LogP contribution in [0.3, 0.4) is 0 Å². The zero-order chi connectivity index (χ0) is 13.8. The Hall–Kier alpha value is -1.74. The molecule has 3 heteroatoms.